The summed E-state index contributed by atoms with van der Waals surface area (Å²) in [4.78, 5) is 40.9. The summed E-state index contributed by atoms with van der Waals surface area (Å²) in [5, 5.41) is 33.7. The number of methoxy groups -OCH3 is 1. The van der Waals surface area contributed by atoms with Gasteiger partial charge in [-0.15, -0.1) is 18.3 Å². The van der Waals surface area contributed by atoms with Crippen LogP contribution in [0.3, 0.4) is 0 Å². The van der Waals surface area contributed by atoms with E-state index in [9.17, 15) is 29.5 Å². The minimum Gasteiger partial charge on any atom is -0.497 e. The zero-order valence-corrected chi connectivity index (χ0v) is 28.6. The molecule has 4 N–H and O–H groups in total. The lowest BCUT2D eigenvalue weighted by atomic mass is 9.44. The van der Waals surface area contributed by atoms with Crippen molar-refractivity contribution in [3.63, 3.8) is 0 Å². The van der Waals surface area contributed by atoms with Crippen molar-refractivity contribution in [2.24, 2.45) is 34.0 Å². The average Bonchev–Trinajstić information content (AvgIpc) is 3.41. The number of ether oxygens (including phenoxy) is 2. The molecule has 2 aromatic carbocycles. The number of amides is 1. The number of anilines is 1. The van der Waals surface area contributed by atoms with E-state index in [2.05, 4.69) is 32.7 Å². The maximum absolute atomic E-state index is 13.6. The standard InChI is InChI=1S/C36H46BNO8S/c1-7-34(4)19-29(35(5)21(2)11-13-36(22(3)32(34)41)14-12-28(39)31(35)36)46-30(40)20-47-27-10-8-9-25(18-27)38-33(42)23-15-24(37(43)44)17-26(16-23)45-6/h7-10,15-18,21-22,29,31-32,41,43-44H,1,11-14,19-20H2,2-6H3,(H,38,42)/t21-,22+,29-,31+,32+,34-,35+,36+/m1/s1. The molecule has 2 bridgehead atoms. The van der Waals surface area contributed by atoms with E-state index in [-0.39, 0.29) is 45.7 Å². The van der Waals surface area contributed by atoms with Crippen LogP contribution in [0, 0.1) is 34.0 Å². The van der Waals surface area contributed by atoms with Crippen molar-refractivity contribution in [1.82, 2.24) is 0 Å². The summed E-state index contributed by atoms with van der Waals surface area (Å²) < 4.78 is 11.5. The molecule has 0 heterocycles. The first-order valence-corrected chi connectivity index (χ1v) is 17.3. The van der Waals surface area contributed by atoms with E-state index in [1.54, 1.807) is 24.3 Å². The Balaban J connectivity index is 1.33. The third-order valence-electron chi connectivity index (χ3n) is 11.7. The number of rotatable bonds is 9. The Labute approximate surface area is 281 Å². The monoisotopic (exact) mass is 663 g/mol. The maximum atomic E-state index is 13.6. The van der Waals surface area contributed by atoms with Crippen molar-refractivity contribution in [1.29, 1.82) is 0 Å². The van der Waals surface area contributed by atoms with Gasteiger partial charge in [0.15, 0.2) is 0 Å². The number of ketones is 1. The van der Waals surface area contributed by atoms with Gasteiger partial charge in [-0.25, -0.2) is 0 Å². The third kappa shape index (κ3) is 6.39. The third-order valence-corrected chi connectivity index (χ3v) is 12.7. The predicted molar refractivity (Wildman–Crippen MR) is 183 cm³/mol. The van der Waals surface area contributed by atoms with E-state index in [1.165, 1.54) is 37.1 Å². The van der Waals surface area contributed by atoms with Gasteiger partial charge in [-0.3, -0.25) is 14.4 Å². The predicted octanol–water partition coefficient (Wildman–Crippen LogP) is 4.63. The van der Waals surface area contributed by atoms with E-state index in [1.807, 2.05) is 13.0 Å². The summed E-state index contributed by atoms with van der Waals surface area (Å²) in [5.74, 6) is -0.579. The Morgan fingerprint density at radius 2 is 1.89 bits per heavy atom. The molecule has 47 heavy (non-hydrogen) atoms. The van der Waals surface area contributed by atoms with Gasteiger partial charge in [0.2, 0.25) is 0 Å². The molecule has 9 nitrogen and oxygen atoms in total. The molecule has 0 aromatic heterocycles. The number of carbonyl (C=O) groups excluding carboxylic acids is 3. The fraction of sp³-hybridized carbons (Fsp3) is 0.528. The molecule has 1 amide bonds. The molecule has 3 saturated carbocycles. The summed E-state index contributed by atoms with van der Waals surface area (Å²) in [6, 6.07) is 11.4. The highest BCUT2D eigenvalue weighted by Gasteiger charge is 2.68. The molecule has 252 valence electrons. The second kappa shape index (κ2) is 13.4. The van der Waals surface area contributed by atoms with Gasteiger partial charge in [0.25, 0.3) is 5.91 Å². The van der Waals surface area contributed by atoms with Gasteiger partial charge in [-0.2, -0.15) is 0 Å². The fourth-order valence-corrected chi connectivity index (χ4v) is 9.46. The van der Waals surface area contributed by atoms with Gasteiger partial charge in [0, 0.05) is 39.3 Å². The zero-order chi connectivity index (χ0) is 34.3. The number of esters is 1. The van der Waals surface area contributed by atoms with Crippen molar-refractivity contribution in [3.05, 3.63) is 60.7 Å². The molecule has 2 aromatic rings. The molecule has 3 fully saturated rings. The van der Waals surface area contributed by atoms with Crippen LogP contribution in [0.4, 0.5) is 5.69 Å². The van der Waals surface area contributed by atoms with E-state index in [0.29, 0.717) is 24.3 Å². The second-order valence-electron chi connectivity index (χ2n) is 14.2. The number of thioether (sulfide) groups is 1. The number of aliphatic hydroxyl groups is 1. The van der Waals surface area contributed by atoms with E-state index < -0.39 is 42.0 Å². The molecule has 0 spiro atoms. The van der Waals surface area contributed by atoms with Crippen LogP contribution in [0.5, 0.6) is 5.75 Å². The van der Waals surface area contributed by atoms with Crippen LogP contribution in [0.15, 0.2) is 60.0 Å². The number of aliphatic hydroxyl groups excluding tert-OH is 1. The summed E-state index contributed by atoms with van der Waals surface area (Å²) in [6.45, 7) is 12.4. The molecule has 8 atom stereocenters. The zero-order valence-electron chi connectivity index (χ0n) is 27.8. The van der Waals surface area contributed by atoms with E-state index in [4.69, 9.17) is 9.47 Å². The topological polar surface area (TPSA) is 142 Å². The van der Waals surface area contributed by atoms with E-state index >= 15 is 0 Å². The molecule has 3 aliphatic carbocycles. The SMILES string of the molecule is C=C[C@]1(C)C[C@@H](OC(=O)CSc2cccc(NC(=O)c3cc(OC)cc(B(O)O)c3)c2)[C@]2(C)[C@H](C)CC[C@]3(CCC(=O)[C@H]32)[C@@H](C)[C@@H]1O. The molecule has 0 aliphatic heterocycles. The van der Waals surface area contributed by atoms with Gasteiger partial charge in [0.1, 0.15) is 17.6 Å². The first kappa shape index (κ1) is 35.2. The van der Waals surface area contributed by atoms with Crippen molar-refractivity contribution in [2.75, 3.05) is 18.2 Å². The first-order chi connectivity index (χ1) is 22.2. The highest BCUT2D eigenvalue weighted by molar-refractivity contribution is 8.00. The van der Waals surface area contributed by atoms with Gasteiger partial charge in [0.05, 0.1) is 19.0 Å². The number of carbonyl (C=O) groups is 3. The highest BCUT2D eigenvalue weighted by atomic mass is 32.2. The van der Waals surface area contributed by atoms with Crippen LogP contribution >= 0.6 is 11.8 Å². The Bertz CT molecular complexity index is 1550. The highest BCUT2D eigenvalue weighted by Crippen LogP contribution is 2.68. The largest absolute Gasteiger partial charge is 0.497 e. The lowest BCUT2D eigenvalue weighted by molar-refractivity contribution is -0.205. The Kier molecular flexibility index (Phi) is 10.0. The van der Waals surface area contributed by atoms with Crippen molar-refractivity contribution >= 4 is 47.7 Å². The Morgan fingerprint density at radius 1 is 1.15 bits per heavy atom. The number of hydrogen-bond donors (Lipinski definition) is 4. The smallest absolute Gasteiger partial charge is 0.488 e. The fourth-order valence-electron chi connectivity index (χ4n) is 8.72. The van der Waals surface area contributed by atoms with Crippen LogP contribution in [0.2, 0.25) is 0 Å². The molecule has 0 radical (unpaired) electrons. The van der Waals surface area contributed by atoms with Crippen LogP contribution in [0.1, 0.15) is 70.2 Å². The molecule has 3 aliphatic rings. The van der Waals surface area contributed by atoms with Crippen LogP contribution in [-0.2, 0) is 14.3 Å². The lowest BCUT2D eigenvalue weighted by Gasteiger charge is -2.61. The minimum atomic E-state index is -1.76. The van der Waals surface area contributed by atoms with Crippen LogP contribution in [-0.4, -0.2) is 65.0 Å². The summed E-state index contributed by atoms with van der Waals surface area (Å²) >= 11 is 1.28. The van der Waals surface area contributed by atoms with Gasteiger partial charge in [-0.1, -0.05) is 39.8 Å². The maximum Gasteiger partial charge on any atom is 0.488 e. The molecule has 11 heteroatoms. The van der Waals surface area contributed by atoms with Gasteiger partial charge >= 0.3 is 13.1 Å². The van der Waals surface area contributed by atoms with Crippen molar-refractivity contribution < 1.29 is 39.0 Å². The number of benzene rings is 2. The molecule has 0 unspecified atom stereocenters. The lowest BCUT2D eigenvalue weighted by Crippen LogP contribution is -2.63. The molecule has 0 saturated heterocycles. The summed E-state index contributed by atoms with van der Waals surface area (Å²) in [6.07, 6.45) is 3.87. The number of nitrogens with one attached hydrogen (secondary N) is 1. The summed E-state index contributed by atoms with van der Waals surface area (Å²) in [5.41, 5.74) is -0.817. The molecule has 5 rings (SSSR count). The second-order valence-corrected chi connectivity index (χ2v) is 15.3. The number of Topliss-reactive ketones (excluding diaryl/α,β-unsaturated/α-hetero) is 1. The Morgan fingerprint density at radius 3 is 2.57 bits per heavy atom. The van der Waals surface area contributed by atoms with Crippen LogP contribution in [0.25, 0.3) is 0 Å². The molecular weight excluding hydrogens is 617 g/mol. The summed E-state index contributed by atoms with van der Waals surface area (Å²) in [7, 11) is -0.338. The number of hydrogen-bond acceptors (Lipinski definition) is 9. The normalized spacial score (nSPS) is 33.2. The van der Waals surface area contributed by atoms with Crippen molar-refractivity contribution in [3.8, 4) is 5.75 Å². The van der Waals surface area contributed by atoms with E-state index in [0.717, 1.165) is 24.2 Å². The molecular formula is C36H46BNO8S. The van der Waals surface area contributed by atoms with Crippen LogP contribution < -0.4 is 15.5 Å². The average molecular weight is 664 g/mol. The van der Waals surface area contributed by atoms with Gasteiger partial charge in [-0.05, 0) is 84.8 Å². The van der Waals surface area contributed by atoms with Gasteiger partial charge < -0.3 is 29.9 Å². The quantitative estimate of drug-likeness (QED) is 0.131. The first-order valence-electron chi connectivity index (χ1n) is 16.3. The van der Waals surface area contributed by atoms with Crippen molar-refractivity contribution in [2.45, 2.75) is 76.9 Å². The Hall–Kier alpha value is -3.12. The minimum absolute atomic E-state index is 0.0134.